The van der Waals surface area contributed by atoms with Crippen molar-refractivity contribution in [2.75, 3.05) is 0 Å². The molecule has 0 rings (SSSR count). The molecule has 2 unspecified atom stereocenters. The topological polar surface area (TPSA) is 20.2 Å². The summed E-state index contributed by atoms with van der Waals surface area (Å²) in [6.07, 6.45) is 2.77. The summed E-state index contributed by atoms with van der Waals surface area (Å²) in [5, 5.41) is 8.94. The highest BCUT2D eigenvalue weighted by Crippen LogP contribution is 2.02. The lowest BCUT2D eigenvalue weighted by molar-refractivity contribution is 0.186. The van der Waals surface area contributed by atoms with Gasteiger partial charge in [0.2, 0.25) is 0 Å². The summed E-state index contributed by atoms with van der Waals surface area (Å²) in [7, 11) is 0. The first-order valence-electron chi connectivity index (χ1n) is 2.65. The molecule has 1 nitrogen and oxygen atoms in total. The minimum absolute atomic E-state index is 0.118. The monoisotopic (exact) mass is 112 g/mol. The first-order valence-corrected chi connectivity index (χ1v) is 2.65. The molecule has 0 spiro atoms. The van der Waals surface area contributed by atoms with Crippen molar-refractivity contribution in [2.24, 2.45) is 5.92 Å². The second kappa shape index (κ2) is 3.44. The Morgan fingerprint density at radius 3 is 2.00 bits per heavy atom. The second-order valence-corrected chi connectivity index (χ2v) is 1.82. The highest BCUT2D eigenvalue weighted by molar-refractivity contribution is 4.90. The minimum Gasteiger partial charge on any atom is -0.388 e. The molecule has 8 heavy (non-hydrogen) atoms. The van der Waals surface area contributed by atoms with Crippen LogP contribution in [-0.4, -0.2) is 11.2 Å². The van der Waals surface area contributed by atoms with Gasteiger partial charge in [-0.3, -0.25) is 0 Å². The summed E-state index contributed by atoms with van der Waals surface area (Å²) in [5.74, 6) is 0.118. The third-order valence-electron chi connectivity index (χ3n) is 1.15. The van der Waals surface area contributed by atoms with Crippen LogP contribution in [0.25, 0.3) is 0 Å². The van der Waals surface area contributed by atoms with E-state index in [2.05, 4.69) is 13.2 Å². The standard InChI is InChI=1S/C7H12O/c1-4-6(3)7(8)5-2/h4-8H,1-2H2,3H3. The van der Waals surface area contributed by atoms with Gasteiger partial charge in [0.15, 0.2) is 0 Å². The fourth-order valence-electron chi connectivity index (χ4n) is 0.354. The number of aliphatic hydroxyl groups excluding tert-OH is 1. The van der Waals surface area contributed by atoms with Crippen LogP contribution >= 0.6 is 0 Å². The van der Waals surface area contributed by atoms with E-state index in [-0.39, 0.29) is 5.92 Å². The van der Waals surface area contributed by atoms with Crippen molar-refractivity contribution in [1.82, 2.24) is 0 Å². The Labute approximate surface area is 50.3 Å². The van der Waals surface area contributed by atoms with Gasteiger partial charge in [0.05, 0.1) is 6.10 Å². The lowest BCUT2D eigenvalue weighted by atomic mass is 10.1. The van der Waals surface area contributed by atoms with Gasteiger partial charge < -0.3 is 5.11 Å². The molecule has 0 fully saturated rings. The van der Waals surface area contributed by atoms with E-state index in [1.807, 2.05) is 6.92 Å². The molecule has 0 bridgehead atoms. The van der Waals surface area contributed by atoms with E-state index < -0.39 is 6.10 Å². The molecule has 0 aliphatic carbocycles. The number of hydrogen-bond acceptors (Lipinski definition) is 1. The Hall–Kier alpha value is -0.560. The van der Waals surface area contributed by atoms with E-state index in [0.29, 0.717) is 0 Å². The maximum Gasteiger partial charge on any atom is 0.0778 e. The van der Waals surface area contributed by atoms with E-state index in [0.717, 1.165) is 0 Å². The highest BCUT2D eigenvalue weighted by atomic mass is 16.3. The van der Waals surface area contributed by atoms with Crippen molar-refractivity contribution in [3.63, 3.8) is 0 Å². The fourth-order valence-corrected chi connectivity index (χ4v) is 0.354. The Morgan fingerprint density at radius 1 is 1.38 bits per heavy atom. The zero-order valence-electron chi connectivity index (χ0n) is 5.17. The molecular weight excluding hydrogens is 100 g/mol. The van der Waals surface area contributed by atoms with Crippen LogP contribution in [0.3, 0.4) is 0 Å². The summed E-state index contributed by atoms with van der Waals surface area (Å²) in [6, 6.07) is 0. The molecule has 0 aromatic heterocycles. The van der Waals surface area contributed by atoms with Crippen LogP contribution in [0.2, 0.25) is 0 Å². The predicted octanol–water partition coefficient (Wildman–Crippen LogP) is 1.36. The SMILES string of the molecule is C=CC(C)C(O)C=C. The average molecular weight is 112 g/mol. The largest absolute Gasteiger partial charge is 0.388 e. The molecule has 0 saturated carbocycles. The molecule has 0 aliphatic heterocycles. The van der Waals surface area contributed by atoms with Crippen molar-refractivity contribution in [3.8, 4) is 0 Å². The molecule has 0 amide bonds. The fraction of sp³-hybridized carbons (Fsp3) is 0.429. The van der Waals surface area contributed by atoms with Gasteiger partial charge in [-0.1, -0.05) is 19.1 Å². The van der Waals surface area contributed by atoms with Gasteiger partial charge in [-0.15, -0.1) is 13.2 Å². The molecule has 0 aromatic rings. The third kappa shape index (κ3) is 1.94. The van der Waals surface area contributed by atoms with Gasteiger partial charge in [0, 0.05) is 5.92 Å². The zero-order chi connectivity index (χ0) is 6.57. The van der Waals surface area contributed by atoms with Crippen molar-refractivity contribution in [3.05, 3.63) is 25.3 Å². The molecule has 0 saturated heterocycles. The van der Waals surface area contributed by atoms with E-state index in [1.165, 1.54) is 6.08 Å². The number of rotatable bonds is 3. The maximum absolute atomic E-state index is 8.94. The minimum atomic E-state index is -0.438. The molecule has 2 atom stereocenters. The summed E-state index contributed by atoms with van der Waals surface area (Å²) >= 11 is 0. The third-order valence-corrected chi connectivity index (χ3v) is 1.15. The predicted molar refractivity (Wildman–Crippen MR) is 35.6 cm³/mol. The number of aliphatic hydroxyl groups is 1. The Kier molecular flexibility index (Phi) is 3.20. The maximum atomic E-state index is 8.94. The van der Waals surface area contributed by atoms with Crippen LogP contribution in [-0.2, 0) is 0 Å². The normalized spacial score (nSPS) is 16.8. The quantitative estimate of drug-likeness (QED) is 0.546. The summed E-state index contributed by atoms with van der Waals surface area (Å²) in [6.45, 7) is 8.84. The summed E-state index contributed by atoms with van der Waals surface area (Å²) in [4.78, 5) is 0. The molecular formula is C7H12O. The van der Waals surface area contributed by atoms with Gasteiger partial charge in [-0.2, -0.15) is 0 Å². The summed E-state index contributed by atoms with van der Waals surface area (Å²) in [5.41, 5.74) is 0. The van der Waals surface area contributed by atoms with Crippen LogP contribution < -0.4 is 0 Å². The molecule has 46 valence electrons. The molecule has 1 N–H and O–H groups in total. The second-order valence-electron chi connectivity index (χ2n) is 1.82. The van der Waals surface area contributed by atoms with Crippen LogP contribution in [0.1, 0.15) is 6.92 Å². The molecule has 0 radical (unpaired) electrons. The smallest absolute Gasteiger partial charge is 0.0778 e. The van der Waals surface area contributed by atoms with E-state index in [4.69, 9.17) is 5.11 Å². The Morgan fingerprint density at radius 2 is 1.88 bits per heavy atom. The van der Waals surface area contributed by atoms with Crippen LogP contribution in [0.4, 0.5) is 0 Å². The first-order chi connectivity index (χ1) is 3.72. The lowest BCUT2D eigenvalue weighted by Crippen LogP contribution is -2.10. The van der Waals surface area contributed by atoms with Crippen molar-refractivity contribution >= 4 is 0 Å². The highest BCUT2D eigenvalue weighted by Gasteiger charge is 2.03. The lowest BCUT2D eigenvalue weighted by Gasteiger charge is -2.07. The van der Waals surface area contributed by atoms with Gasteiger partial charge in [-0.25, -0.2) is 0 Å². The van der Waals surface area contributed by atoms with Crippen molar-refractivity contribution in [1.29, 1.82) is 0 Å². The van der Waals surface area contributed by atoms with Gasteiger partial charge in [0.25, 0.3) is 0 Å². The van der Waals surface area contributed by atoms with E-state index in [9.17, 15) is 0 Å². The van der Waals surface area contributed by atoms with Gasteiger partial charge >= 0.3 is 0 Å². The average Bonchev–Trinajstić information content (AvgIpc) is 1.84. The van der Waals surface area contributed by atoms with E-state index >= 15 is 0 Å². The first kappa shape index (κ1) is 7.44. The summed E-state index contributed by atoms with van der Waals surface area (Å²) < 4.78 is 0. The molecule has 1 heteroatoms. The van der Waals surface area contributed by atoms with Crippen LogP contribution in [0.5, 0.6) is 0 Å². The molecule has 0 aromatic carbocycles. The van der Waals surface area contributed by atoms with Crippen molar-refractivity contribution < 1.29 is 5.11 Å². The Balaban J connectivity index is 3.60. The van der Waals surface area contributed by atoms with Crippen molar-refractivity contribution in [2.45, 2.75) is 13.0 Å². The molecule has 0 aliphatic rings. The van der Waals surface area contributed by atoms with E-state index in [1.54, 1.807) is 6.08 Å². The molecule has 0 heterocycles. The van der Waals surface area contributed by atoms with Gasteiger partial charge in [-0.05, 0) is 0 Å². The Bertz CT molecular complexity index is 74.4. The zero-order valence-corrected chi connectivity index (χ0v) is 5.17. The van der Waals surface area contributed by atoms with Gasteiger partial charge in [0.1, 0.15) is 0 Å². The number of hydrogen-bond donors (Lipinski definition) is 1. The van der Waals surface area contributed by atoms with Crippen LogP contribution in [0, 0.1) is 5.92 Å². The van der Waals surface area contributed by atoms with Crippen LogP contribution in [0.15, 0.2) is 25.3 Å².